The Bertz CT molecular complexity index is 1870. The number of rotatable bonds is 12. The topological polar surface area (TPSA) is 140 Å². The normalized spacial score (nSPS) is 11.4. The van der Waals surface area contributed by atoms with Gasteiger partial charge in [0, 0.05) is 16.8 Å². The number of ether oxygens (including phenoxy) is 3. The second-order valence-corrected chi connectivity index (χ2v) is 13.4. The minimum atomic E-state index is -4.25. The molecule has 0 fully saturated rings. The van der Waals surface area contributed by atoms with Gasteiger partial charge in [-0.1, -0.05) is 29.3 Å². The van der Waals surface area contributed by atoms with Crippen molar-refractivity contribution in [3.63, 3.8) is 0 Å². The summed E-state index contributed by atoms with van der Waals surface area (Å²) in [6, 6.07) is 20.7. The van der Waals surface area contributed by atoms with E-state index in [4.69, 9.17) is 25.8 Å². The summed E-state index contributed by atoms with van der Waals surface area (Å²) in [5.74, 6) is 0.209. The van der Waals surface area contributed by atoms with E-state index in [1.807, 2.05) is 6.92 Å². The number of carbonyl (C=O) groups excluding carboxylic acids is 1. The monoisotopic (exact) mass is 659 g/mol. The molecule has 0 spiro atoms. The van der Waals surface area contributed by atoms with Crippen LogP contribution < -0.4 is 28.6 Å². The molecule has 0 saturated carbocycles. The van der Waals surface area contributed by atoms with E-state index in [0.29, 0.717) is 11.5 Å². The maximum absolute atomic E-state index is 13.8. The third-order valence-corrected chi connectivity index (χ3v) is 9.80. The summed E-state index contributed by atoms with van der Waals surface area (Å²) in [5.41, 5.74) is 1.34. The van der Waals surface area contributed by atoms with Crippen molar-refractivity contribution < 1.29 is 35.8 Å². The second-order valence-electron chi connectivity index (χ2n) is 9.39. The van der Waals surface area contributed by atoms with Gasteiger partial charge in [-0.3, -0.25) is 13.8 Å². The van der Waals surface area contributed by atoms with Gasteiger partial charge in [0.2, 0.25) is 5.91 Å². The highest BCUT2D eigenvalue weighted by Crippen LogP contribution is 2.35. The van der Waals surface area contributed by atoms with E-state index in [9.17, 15) is 21.6 Å². The minimum Gasteiger partial charge on any atom is -0.497 e. The quantitative estimate of drug-likeness (QED) is 0.209. The highest BCUT2D eigenvalue weighted by Gasteiger charge is 2.30. The summed E-state index contributed by atoms with van der Waals surface area (Å²) in [4.78, 5) is 13.1. The number of amides is 1. The molecule has 0 radical (unpaired) electrons. The fourth-order valence-electron chi connectivity index (χ4n) is 4.14. The fourth-order valence-corrected chi connectivity index (χ4v) is 6.79. The lowest BCUT2D eigenvalue weighted by atomic mass is 10.2. The molecule has 2 N–H and O–H groups in total. The summed E-state index contributed by atoms with van der Waals surface area (Å²) in [6.45, 7) is 1.19. The summed E-state index contributed by atoms with van der Waals surface area (Å²) < 4.78 is 72.8. The van der Waals surface area contributed by atoms with E-state index in [1.54, 1.807) is 24.3 Å². The SMILES string of the molecule is COc1ccc(OC)c(NS(=O)(=O)c2ccc(NC(=O)CN(c3cc(Cl)ccc3OC)S(=O)(=O)c3ccc(C)cc3)cc2)c1. The zero-order valence-electron chi connectivity index (χ0n) is 24.2. The van der Waals surface area contributed by atoms with E-state index in [0.717, 1.165) is 9.87 Å². The van der Waals surface area contributed by atoms with Crippen molar-refractivity contribution >= 4 is 54.6 Å². The molecule has 0 aliphatic rings. The van der Waals surface area contributed by atoms with Crippen molar-refractivity contribution in [3.8, 4) is 17.2 Å². The average Bonchev–Trinajstić information content (AvgIpc) is 3.00. The van der Waals surface area contributed by atoms with Crippen LogP contribution in [0.5, 0.6) is 17.2 Å². The Balaban J connectivity index is 1.58. The predicted octanol–water partition coefficient (Wildman–Crippen LogP) is 5.31. The first-order valence-electron chi connectivity index (χ1n) is 13.0. The smallest absolute Gasteiger partial charge is 0.264 e. The van der Waals surface area contributed by atoms with Gasteiger partial charge in [0.15, 0.2) is 0 Å². The molecule has 11 nitrogen and oxygen atoms in total. The molecule has 14 heteroatoms. The molecule has 0 unspecified atom stereocenters. The van der Waals surface area contributed by atoms with Gasteiger partial charge < -0.3 is 19.5 Å². The lowest BCUT2D eigenvalue weighted by molar-refractivity contribution is -0.114. The third kappa shape index (κ3) is 7.36. The lowest BCUT2D eigenvalue weighted by Crippen LogP contribution is -2.38. The molecule has 4 aromatic carbocycles. The van der Waals surface area contributed by atoms with Crippen LogP contribution in [-0.4, -0.2) is 50.6 Å². The van der Waals surface area contributed by atoms with Crippen molar-refractivity contribution in [2.45, 2.75) is 16.7 Å². The second kappa shape index (κ2) is 13.5. The number of aryl methyl sites for hydroxylation is 1. The predicted molar refractivity (Wildman–Crippen MR) is 169 cm³/mol. The standard InChI is InChI=1S/C30H30ClN3O8S2/c1-20-5-11-25(12-6-20)44(38,39)34(27-17-21(31)7-15-29(27)42-4)19-30(35)32-22-8-13-24(14-9-22)43(36,37)33-26-18-23(40-2)10-16-28(26)41-3/h5-18,33H,19H2,1-4H3,(H,32,35). The zero-order chi connectivity index (χ0) is 32.1. The molecule has 0 aliphatic carbocycles. The summed E-state index contributed by atoms with van der Waals surface area (Å²) >= 11 is 6.19. The van der Waals surface area contributed by atoms with Crippen LogP contribution in [0.15, 0.2) is 94.7 Å². The largest absolute Gasteiger partial charge is 0.497 e. The molecule has 0 atom stereocenters. The maximum Gasteiger partial charge on any atom is 0.264 e. The maximum atomic E-state index is 13.8. The van der Waals surface area contributed by atoms with Crippen LogP contribution >= 0.6 is 11.6 Å². The zero-order valence-corrected chi connectivity index (χ0v) is 26.6. The first-order chi connectivity index (χ1) is 20.9. The lowest BCUT2D eigenvalue weighted by Gasteiger charge is -2.26. The molecule has 1 amide bonds. The van der Waals surface area contributed by atoms with Gasteiger partial charge in [-0.2, -0.15) is 0 Å². The van der Waals surface area contributed by atoms with E-state index in [1.165, 1.54) is 82.0 Å². The van der Waals surface area contributed by atoms with Crippen molar-refractivity contribution in [3.05, 3.63) is 95.5 Å². The van der Waals surface area contributed by atoms with E-state index in [-0.39, 0.29) is 37.6 Å². The fraction of sp³-hybridized carbons (Fsp3) is 0.167. The van der Waals surface area contributed by atoms with Gasteiger partial charge in [-0.05, 0) is 73.7 Å². The molecular formula is C30H30ClN3O8S2. The highest BCUT2D eigenvalue weighted by molar-refractivity contribution is 7.93. The van der Waals surface area contributed by atoms with Gasteiger partial charge in [0.25, 0.3) is 20.0 Å². The van der Waals surface area contributed by atoms with Crippen molar-refractivity contribution in [1.82, 2.24) is 0 Å². The number of hydrogen-bond acceptors (Lipinski definition) is 8. The van der Waals surface area contributed by atoms with Gasteiger partial charge in [0.1, 0.15) is 23.8 Å². The van der Waals surface area contributed by atoms with Crippen LogP contribution in [0.3, 0.4) is 0 Å². The Labute approximate surface area is 261 Å². The van der Waals surface area contributed by atoms with Crippen molar-refractivity contribution in [2.75, 3.05) is 42.2 Å². The van der Waals surface area contributed by atoms with Crippen LogP contribution in [0, 0.1) is 6.92 Å². The third-order valence-electron chi connectivity index (χ3n) is 6.41. The summed E-state index contributed by atoms with van der Waals surface area (Å²) in [6.07, 6.45) is 0. The number of methoxy groups -OCH3 is 3. The van der Waals surface area contributed by atoms with Crippen LogP contribution in [0.25, 0.3) is 0 Å². The van der Waals surface area contributed by atoms with E-state index < -0.39 is 32.5 Å². The first-order valence-corrected chi connectivity index (χ1v) is 16.3. The number of halogens is 1. The number of benzene rings is 4. The molecular weight excluding hydrogens is 630 g/mol. The average molecular weight is 660 g/mol. The number of hydrogen-bond donors (Lipinski definition) is 2. The van der Waals surface area contributed by atoms with Crippen LogP contribution in [0.1, 0.15) is 5.56 Å². The minimum absolute atomic E-state index is 0.0346. The van der Waals surface area contributed by atoms with E-state index in [2.05, 4.69) is 10.0 Å². The Kier molecular flexibility index (Phi) is 9.92. The molecule has 0 saturated heterocycles. The van der Waals surface area contributed by atoms with Crippen LogP contribution in [-0.2, 0) is 24.8 Å². The number of sulfonamides is 2. The van der Waals surface area contributed by atoms with Gasteiger partial charge in [-0.15, -0.1) is 0 Å². The molecule has 4 aromatic rings. The Morgan fingerprint density at radius 1 is 0.773 bits per heavy atom. The molecule has 232 valence electrons. The van der Waals surface area contributed by atoms with Crippen molar-refractivity contribution in [1.29, 1.82) is 0 Å². The number of nitrogens with zero attached hydrogens (tertiary/aromatic N) is 1. The molecule has 0 bridgehead atoms. The Morgan fingerprint density at radius 2 is 1.39 bits per heavy atom. The van der Waals surface area contributed by atoms with Crippen LogP contribution in [0.4, 0.5) is 17.1 Å². The first kappa shape index (κ1) is 32.5. The molecule has 0 aromatic heterocycles. The number of anilines is 3. The van der Waals surface area contributed by atoms with Gasteiger partial charge >= 0.3 is 0 Å². The van der Waals surface area contributed by atoms with Gasteiger partial charge in [-0.25, -0.2) is 16.8 Å². The summed E-state index contributed by atoms with van der Waals surface area (Å²) in [5, 5.41) is 2.86. The van der Waals surface area contributed by atoms with Crippen molar-refractivity contribution in [2.24, 2.45) is 0 Å². The molecule has 0 aliphatic heterocycles. The summed E-state index contributed by atoms with van der Waals surface area (Å²) in [7, 11) is -4.06. The molecule has 4 rings (SSSR count). The van der Waals surface area contributed by atoms with E-state index >= 15 is 0 Å². The highest BCUT2D eigenvalue weighted by atomic mass is 35.5. The molecule has 0 heterocycles. The molecule has 44 heavy (non-hydrogen) atoms. The van der Waals surface area contributed by atoms with Crippen LogP contribution in [0.2, 0.25) is 5.02 Å². The number of nitrogens with one attached hydrogen (secondary N) is 2. The Hall–Kier alpha value is -4.46. The number of carbonyl (C=O) groups is 1. The van der Waals surface area contributed by atoms with Gasteiger partial charge in [0.05, 0.1) is 42.5 Å². The Morgan fingerprint density at radius 3 is 2.00 bits per heavy atom.